The molecule has 2 rings (SSSR count). The Bertz CT molecular complexity index is 660. The number of hydrogen-bond acceptors (Lipinski definition) is 2. The van der Waals surface area contributed by atoms with Gasteiger partial charge in [-0.1, -0.05) is 24.3 Å². The molecule has 0 saturated carbocycles. The normalized spacial score (nSPS) is 10.4. The molecule has 2 aromatic carbocycles. The lowest BCUT2D eigenvalue weighted by Gasteiger charge is -2.22. The van der Waals surface area contributed by atoms with Crippen molar-refractivity contribution in [3.63, 3.8) is 0 Å². The predicted molar refractivity (Wildman–Crippen MR) is 85.4 cm³/mol. The molecule has 0 aliphatic rings. The molecule has 0 fully saturated rings. The highest BCUT2D eigenvalue weighted by molar-refractivity contribution is 9.10. The zero-order valence-electron chi connectivity index (χ0n) is 11.6. The van der Waals surface area contributed by atoms with Gasteiger partial charge in [-0.15, -0.1) is 0 Å². The van der Waals surface area contributed by atoms with Gasteiger partial charge in [0.1, 0.15) is 5.82 Å². The van der Waals surface area contributed by atoms with Gasteiger partial charge in [0.05, 0.1) is 10.0 Å². The molecular weight excluding hydrogens is 335 g/mol. The Kier molecular flexibility index (Phi) is 4.96. The zero-order chi connectivity index (χ0) is 15.4. The Balaban J connectivity index is 2.27. The van der Waals surface area contributed by atoms with E-state index in [0.717, 1.165) is 5.56 Å². The molecule has 110 valence electrons. The van der Waals surface area contributed by atoms with Gasteiger partial charge in [-0.25, -0.2) is 4.39 Å². The van der Waals surface area contributed by atoms with Crippen LogP contribution in [-0.2, 0) is 6.54 Å². The molecule has 1 amide bonds. The fraction of sp³-hybridized carbons (Fsp3) is 0.188. The fourth-order valence-corrected chi connectivity index (χ4v) is 2.42. The van der Waals surface area contributed by atoms with E-state index in [0.29, 0.717) is 18.8 Å². The molecule has 2 N–H and O–H groups in total. The van der Waals surface area contributed by atoms with E-state index in [4.69, 9.17) is 5.73 Å². The molecule has 0 saturated heterocycles. The number of halogens is 2. The molecule has 0 aliphatic heterocycles. The van der Waals surface area contributed by atoms with E-state index in [1.807, 2.05) is 25.1 Å². The average Bonchev–Trinajstić information content (AvgIpc) is 2.48. The number of nitrogen functional groups attached to an aromatic ring is 1. The van der Waals surface area contributed by atoms with Crippen molar-refractivity contribution >= 4 is 27.5 Å². The number of hydrogen-bond donors (Lipinski definition) is 1. The summed E-state index contributed by atoms with van der Waals surface area (Å²) in [5.74, 6) is -0.887. The Morgan fingerprint density at radius 1 is 1.24 bits per heavy atom. The smallest absolute Gasteiger partial charge is 0.257 e. The molecular formula is C16H16BrFN2O. The molecule has 0 atom stereocenters. The van der Waals surface area contributed by atoms with Gasteiger partial charge in [0, 0.05) is 18.8 Å². The topological polar surface area (TPSA) is 46.3 Å². The second-order valence-corrected chi connectivity index (χ2v) is 5.47. The maximum atomic E-state index is 14.0. The van der Waals surface area contributed by atoms with Crippen molar-refractivity contribution in [2.45, 2.75) is 13.5 Å². The van der Waals surface area contributed by atoms with Crippen LogP contribution in [0.4, 0.5) is 10.1 Å². The van der Waals surface area contributed by atoms with Crippen LogP contribution in [0.2, 0.25) is 0 Å². The molecule has 0 aliphatic carbocycles. The second kappa shape index (κ2) is 6.72. The molecule has 3 nitrogen and oxygen atoms in total. The number of anilines is 1. The SMILES string of the molecule is CCN(Cc1ccccc1N)C(=O)c1cccc(Br)c1F. The van der Waals surface area contributed by atoms with E-state index in [2.05, 4.69) is 15.9 Å². The van der Waals surface area contributed by atoms with Gasteiger partial charge in [0.25, 0.3) is 5.91 Å². The number of para-hydroxylation sites is 1. The van der Waals surface area contributed by atoms with Crippen LogP contribution in [0.3, 0.4) is 0 Å². The van der Waals surface area contributed by atoms with Crippen LogP contribution < -0.4 is 5.73 Å². The van der Waals surface area contributed by atoms with Gasteiger partial charge in [-0.05, 0) is 46.6 Å². The van der Waals surface area contributed by atoms with Crippen molar-refractivity contribution in [3.05, 3.63) is 63.9 Å². The van der Waals surface area contributed by atoms with Gasteiger partial charge in [0.2, 0.25) is 0 Å². The molecule has 5 heteroatoms. The zero-order valence-corrected chi connectivity index (χ0v) is 13.2. The molecule has 0 spiro atoms. The number of carbonyl (C=O) groups excluding carboxylic acids is 1. The van der Waals surface area contributed by atoms with E-state index >= 15 is 0 Å². The summed E-state index contributed by atoms with van der Waals surface area (Å²) < 4.78 is 14.3. The van der Waals surface area contributed by atoms with Gasteiger partial charge >= 0.3 is 0 Å². The van der Waals surface area contributed by atoms with E-state index in [-0.39, 0.29) is 15.9 Å². The van der Waals surface area contributed by atoms with E-state index in [1.54, 1.807) is 23.1 Å². The third-order valence-electron chi connectivity index (χ3n) is 3.27. The molecule has 0 radical (unpaired) electrons. The van der Waals surface area contributed by atoms with Crippen molar-refractivity contribution in [2.24, 2.45) is 0 Å². The summed E-state index contributed by atoms with van der Waals surface area (Å²) in [6, 6.07) is 12.0. The average molecular weight is 351 g/mol. The summed E-state index contributed by atoms with van der Waals surface area (Å²) in [7, 11) is 0. The quantitative estimate of drug-likeness (QED) is 0.851. The van der Waals surface area contributed by atoms with Gasteiger partial charge < -0.3 is 10.6 Å². The lowest BCUT2D eigenvalue weighted by Crippen LogP contribution is -2.31. The number of benzene rings is 2. The van der Waals surface area contributed by atoms with Gasteiger partial charge in [-0.2, -0.15) is 0 Å². The number of carbonyl (C=O) groups is 1. The predicted octanol–water partition coefficient (Wildman–Crippen LogP) is 3.83. The highest BCUT2D eigenvalue weighted by Gasteiger charge is 2.20. The van der Waals surface area contributed by atoms with Crippen LogP contribution in [0.25, 0.3) is 0 Å². The van der Waals surface area contributed by atoms with Crippen LogP contribution in [-0.4, -0.2) is 17.4 Å². The van der Waals surface area contributed by atoms with Crippen LogP contribution in [0.5, 0.6) is 0 Å². The highest BCUT2D eigenvalue weighted by Crippen LogP contribution is 2.21. The Morgan fingerprint density at radius 3 is 2.62 bits per heavy atom. The molecule has 21 heavy (non-hydrogen) atoms. The Hall–Kier alpha value is -1.88. The molecule has 0 heterocycles. The first-order valence-electron chi connectivity index (χ1n) is 6.61. The van der Waals surface area contributed by atoms with Crippen molar-refractivity contribution in [3.8, 4) is 0 Å². The first-order valence-corrected chi connectivity index (χ1v) is 7.40. The summed E-state index contributed by atoms with van der Waals surface area (Å²) in [5, 5.41) is 0. The first-order chi connectivity index (χ1) is 10.0. The summed E-state index contributed by atoms with van der Waals surface area (Å²) in [4.78, 5) is 14.1. The van der Waals surface area contributed by atoms with Gasteiger partial charge in [0.15, 0.2) is 0 Å². The minimum absolute atomic E-state index is 0.0562. The third kappa shape index (κ3) is 3.42. The maximum Gasteiger partial charge on any atom is 0.257 e. The van der Waals surface area contributed by atoms with E-state index < -0.39 is 5.82 Å². The number of nitrogens with zero attached hydrogens (tertiary/aromatic N) is 1. The highest BCUT2D eigenvalue weighted by atomic mass is 79.9. The fourth-order valence-electron chi connectivity index (χ4n) is 2.05. The maximum absolute atomic E-state index is 14.0. The summed E-state index contributed by atoms with van der Waals surface area (Å²) in [6.07, 6.45) is 0. The van der Waals surface area contributed by atoms with Crippen LogP contribution in [0.15, 0.2) is 46.9 Å². The summed E-state index contributed by atoms with van der Waals surface area (Å²) >= 11 is 3.10. The molecule has 0 unspecified atom stereocenters. The summed E-state index contributed by atoms with van der Waals surface area (Å²) in [6.45, 7) is 2.68. The minimum atomic E-state index is -0.540. The Labute approximate surface area is 131 Å². The van der Waals surface area contributed by atoms with Crippen molar-refractivity contribution in [2.75, 3.05) is 12.3 Å². The summed E-state index contributed by atoms with van der Waals surface area (Å²) in [5.41, 5.74) is 7.43. The van der Waals surface area contributed by atoms with E-state index in [9.17, 15) is 9.18 Å². The van der Waals surface area contributed by atoms with Crippen LogP contribution in [0, 0.1) is 5.82 Å². The molecule has 0 bridgehead atoms. The van der Waals surface area contributed by atoms with Crippen molar-refractivity contribution in [1.29, 1.82) is 0 Å². The lowest BCUT2D eigenvalue weighted by molar-refractivity contribution is 0.0748. The Morgan fingerprint density at radius 2 is 1.95 bits per heavy atom. The van der Waals surface area contributed by atoms with Crippen molar-refractivity contribution < 1.29 is 9.18 Å². The number of rotatable bonds is 4. The second-order valence-electron chi connectivity index (χ2n) is 4.62. The molecule has 2 aromatic rings. The van der Waals surface area contributed by atoms with Crippen LogP contribution >= 0.6 is 15.9 Å². The van der Waals surface area contributed by atoms with E-state index in [1.165, 1.54) is 6.07 Å². The van der Waals surface area contributed by atoms with Crippen molar-refractivity contribution in [1.82, 2.24) is 4.90 Å². The molecule has 0 aromatic heterocycles. The monoisotopic (exact) mass is 350 g/mol. The standard InChI is InChI=1S/C16H16BrFN2O/c1-2-20(10-11-6-3-4-9-14(11)19)16(21)12-7-5-8-13(17)15(12)18/h3-9H,2,10,19H2,1H3. The third-order valence-corrected chi connectivity index (χ3v) is 3.88. The van der Waals surface area contributed by atoms with Gasteiger partial charge in [-0.3, -0.25) is 4.79 Å². The lowest BCUT2D eigenvalue weighted by atomic mass is 10.1. The van der Waals surface area contributed by atoms with Crippen LogP contribution in [0.1, 0.15) is 22.8 Å². The number of nitrogens with two attached hydrogens (primary N) is 1. The minimum Gasteiger partial charge on any atom is -0.398 e. The first kappa shape index (κ1) is 15.5. The number of amides is 1. The largest absolute Gasteiger partial charge is 0.398 e.